The average Bonchev–Trinajstić information content (AvgIpc) is 2.44. The number of hydrogen-bond donors (Lipinski definition) is 0. The highest BCUT2D eigenvalue weighted by Gasteiger charge is 2.21. The molecule has 1 heterocycles. The Bertz CT molecular complexity index is 650. The summed E-state index contributed by atoms with van der Waals surface area (Å²) in [4.78, 5) is 8.16. The van der Waals surface area contributed by atoms with Gasteiger partial charge in [-0.05, 0) is 38.4 Å². The molecule has 21 heavy (non-hydrogen) atoms. The second-order valence-corrected chi connectivity index (χ2v) is 4.71. The molecule has 0 atom stereocenters. The van der Waals surface area contributed by atoms with Crippen LogP contribution in [0.5, 0.6) is 17.2 Å². The van der Waals surface area contributed by atoms with E-state index in [9.17, 15) is 0 Å². The van der Waals surface area contributed by atoms with Gasteiger partial charge in [-0.3, -0.25) is 0 Å². The van der Waals surface area contributed by atoms with Gasteiger partial charge in [0, 0.05) is 5.39 Å². The summed E-state index contributed by atoms with van der Waals surface area (Å²) in [6, 6.07) is 1.74. The molecule has 1 aromatic heterocycles. The molecule has 0 aliphatic carbocycles. The predicted molar refractivity (Wildman–Crippen MR) is 83.1 cm³/mol. The van der Waals surface area contributed by atoms with E-state index < -0.39 is 0 Å². The van der Waals surface area contributed by atoms with Gasteiger partial charge in [-0.25, -0.2) is 9.97 Å². The minimum absolute atomic E-state index is 0.0556. The highest BCUT2D eigenvalue weighted by Crippen LogP contribution is 2.44. The summed E-state index contributed by atoms with van der Waals surface area (Å²) in [5.74, 6) is 1.51. The highest BCUT2D eigenvalue weighted by molar-refractivity contribution is 6.36. The molecule has 0 radical (unpaired) electrons. The zero-order valence-electron chi connectivity index (χ0n) is 12.1. The fourth-order valence-corrected chi connectivity index (χ4v) is 2.39. The van der Waals surface area contributed by atoms with Crippen molar-refractivity contribution in [3.8, 4) is 17.2 Å². The van der Waals surface area contributed by atoms with E-state index in [2.05, 4.69) is 9.97 Å². The summed E-state index contributed by atoms with van der Waals surface area (Å²) in [6.07, 6.45) is 0. The van der Waals surface area contributed by atoms with Crippen LogP contribution in [-0.2, 0) is 0 Å². The number of fused-ring (bicyclic) bond motifs is 1. The molecule has 2 aromatic rings. The predicted octanol–water partition coefficient (Wildman–Crippen LogP) is 4.13. The van der Waals surface area contributed by atoms with Crippen LogP contribution in [0.15, 0.2) is 6.07 Å². The van der Waals surface area contributed by atoms with Crippen LogP contribution in [0.1, 0.15) is 20.8 Å². The number of rotatable bonds is 6. The summed E-state index contributed by atoms with van der Waals surface area (Å²) in [7, 11) is 0. The van der Waals surface area contributed by atoms with Crippen LogP contribution in [0.2, 0.25) is 10.4 Å². The second kappa shape index (κ2) is 7.00. The van der Waals surface area contributed by atoms with Crippen molar-refractivity contribution in [2.24, 2.45) is 0 Å². The maximum Gasteiger partial charge on any atom is 0.224 e. The van der Waals surface area contributed by atoms with E-state index in [1.54, 1.807) is 6.07 Å². The van der Waals surface area contributed by atoms with Crippen molar-refractivity contribution >= 4 is 34.1 Å². The first-order chi connectivity index (χ1) is 10.1. The molecule has 0 bridgehead atoms. The minimum atomic E-state index is 0.0556. The van der Waals surface area contributed by atoms with E-state index >= 15 is 0 Å². The smallest absolute Gasteiger partial charge is 0.224 e. The third kappa shape index (κ3) is 3.24. The Hall–Kier alpha value is -1.46. The zero-order chi connectivity index (χ0) is 15.4. The second-order valence-electron chi connectivity index (χ2n) is 4.01. The Labute approximate surface area is 133 Å². The van der Waals surface area contributed by atoms with Crippen molar-refractivity contribution in [2.75, 3.05) is 19.8 Å². The molecule has 2 rings (SSSR count). The van der Waals surface area contributed by atoms with Crippen molar-refractivity contribution in [3.63, 3.8) is 0 Å². The Balaban J connectivity index is 2.80. The molecule has 1 aromatic carbocycles. The fourth-order valence-electron chi connectivity index (χ4n) is 1.96. The summed E-state index contributed by atoms with van der Waals surface area (Å²) >= 11 is 12.0. The quantitative estimate of drug-likeness (QED) is 0.588. The zero-order valence-corrected chi connectivity index (χ0v) is 13.6. The SMILES string of the molecule is CCOc1cc2c(Cl)nc(Cl)nc2c(OCC)c1OCC. The monoisotopic (exact) mass is 330 g/mol. The normalized spacial score (nSPS) is 10.7. The minimum Gasteiger partial charge on any atom is -0.490 e. The maximum atomic E-state index is 6.15. The van der Waals surface area contributed by atoms with Crippen molar-refractivity contribution < 1.29 is 14.2 Å². The Morgan fingerprint density at radius 2 is 1.52 bits per heavy atom. The van der Waals surface area contributed by atoms with E-state index in [0.717, 1.165) is 0 Å². The van der Waals surface area contributed by atoms with Crippen molar-refractivity contribution in [3.05, 3.63) is 16.5 Å². The van der Waals surface area contributed by atoms with Crippen LogP contribution in [0.4, 0.5) is 0 Å². The molecular weight excluding hydrogens is 315 g/mol. The van der Waals surface area contributed by atoms with Crippen LogP contribution in [0, 0.1) is 0 Å². The van der Waals surface area contributed by atoms with Crippen LogP contribution < -0.4 is 14.2 Å². The van der Waals surface area contributed by atoms with E-state index in [-0.39, 0.29) is 10.4 Å². The standard InChI is InChI=1S/C14H16Cl2N2O3/c1-4-19-9-7-8-10(17-14(16)18-13(8)15)12(21-6-3)11(9)20-5-2/h7H,4-6H2,1-3H3. The Kier molecular flexibility index (Phi) is 5.31. The molecule has 0 spiro atoms. The average molecular weight is 331 g/mol. The first-order valence-corrected chi connectivity index (χ1v) is 7.46. The molecule has 0 unspecified atom stereocenters. The van der Waals surface area contributed by atoms with Gasteiger partial charge in [0.2, 0.25) is 11.0 Å². The van der Waals surface area contributed by atoms with Crippen molar-refractivity contribution in [1.29, 1.82) is 0 Å². The first-order valence-electron chi connectivity index (χ1n) is 6.70. The van der Waals surface area contributed by atoms with Gasteiger partial charge in [0.15, 0.2) is 11.5 Å². The van der Waals surface area contributed by atoms with Gasteiger partial charge in [-0.1, -0.05) is 11.6 Å². The molecule has 5 nitrogen and oxygen atoms in total. The molecule has 0 fully saturated rings. The number of ether oxygens (including phenoxy) is 3. The Morgan fingerprint density at radius 1 is 0.905 bits per heavy atom. The molecule has 0 saturated carbocycles. The summed E-state index contributed by atoms with van der Waals surface area (Å²) in [6.45, 7) is 7.06. The van der Waals surface area contributed by atoms with Crippen molar-refractivity contribution in [1.82, 2.24) is 9.97 Å². The molecule has 0 aliphatic heterocycles. The number of benzene rings is 1. The van der Waals surface area contributed by atoms with Gasteiger partial charge >= 0.3 is 0 Å². The first kappa shape index (κ1) is 15.9. The number of halogens is 2. The van der Waals surface area contributed by atoms with E-state index in [4.69, 9.17) is 37.4 Å². The molecule has 0 amide bonds. The van der Waals surface area contributed by atoms with Gasteiger partial charge < -0.3 is 14.2 Å². The summed E-state index contributed by atoms with van der Waals surface area (Å²) in [5.41, 5.74) is 0.508. The summed E-state index contributed by atoms with van der Waals surface area (Å²) < 4.78 is 17.0. The van der Waals surface area contributed by atoms with Gasteiger partial charge in [0.05, 0.1) is 19.8 Å². The topological polar surface area (TPSA) is 53.5 Å². The highest BCUT2D eigenvalue weighted by atomic mass is 35.5. The van der Waals surface area contributed by atoms with E-state index in [0.29, 0.717) is 48.0 Å². The lowest BCUT2D eigenvalue weighted by Gasteiger charge is -2.17. The van der Waals surface area contributed by atoms with Crippen LogP contribution in [-0.4, -0.2) is 29.8 Å². The third-order valence-corrected chi connectivity index (χ3v) is 3.13. The molecule has 114 valence electrons. The molecule has 7 heteroatoms. The molecule has 0 saturated heterocycles. The van der Waals surface area contributed by atoms with Gasteiger partial charge in [-0.15, -0.1) is 0 Å². The maximum absolute atomic E-state index is 6.15. The number of aromatic nitrogens is 2. The van der Waals surface area contributed by atoms with Crippen LogP contribution in [0.25, 0.3) is 10.9 Å². The third-order valence-electron chi connectivity index (χ3n) is 2.67. The van der Waals surface area contributed by atoms with Crippen LogP contribution in [0.3, 0.4) is 0 Å². The van der Waals surface area contributed by atoms with Gasteiger partial charge in [-0.2, -0.15) is 0 Å². The largest absolute Gasteiger partial charge is 0.490 e. The summed E-state index contributed by atoms with van der Waals surface area (Å²) in [5, 5.41) is 0.909. The van der Waals surface area contributed by atoms with Gasteiger partial charge in [0.25, 0.3) is 0 Å². The van der Waals surface area contributed by atoms with E-state index in [1.807, 2.05) is 20.8 Å². The van der Waals surface area contributed by atoms with Crippen LogP contribution >= 0.6 is 23.2 Å². The lowest BCUT2D eigenvalue weighted by atomic mass is 10.2. The van der Waals surface area contributed by atoms with Crippen molar-refractivity contribution in [2.45, 2.75) is 20.8 Å². The fraction of sp³-hybridized carbons (Fsp3) is 0.429. The molecule has 0 aliphatic rings. The lowest BCUT2D eigenvalue weighted by Crippen LogP contribution is -2.04. The van der Waals surface area contributed by atoms with Gasteiger partial charge in [0.1, 0.15) is 10.7 Å². The molecule has 0 N–H and O–H groups in total. The molecular formula is C14H16Cl2N2O3. The van der Waals surface area contributed by atoms with E-state index in [1.165, 1.54) is 0 Å². The number of nitrogens with zero attached hydrogens (tertiary/aromatic N) is 2. The lowest BCUT2D eigenvalue weighted by molar-refractivity contribution is 0.263. The number of hydrogen-bond acceptors (Lipinski definition) is 5. The Morgan fingerprint density at radius 3 is 2.14 bits per heavy atom.